The van der Waals surface area contributed by atoms with Crippen LogP contribution in [0.5, 0.6) is 0 Å². The van der Waals surface area contributed by atoms with Gasteiger partial charge in [0.2, 0.25) is 0 Å². The van der Waals surface area contributed by atoms with Crippen molar-refractivity contribution < 1.29 is 9.53 Å². The van der Waals surface area contributed by atoms with E-state index in [4.69, 9.17) is 4.74 Å². The molecule has 1 aromatic rings. The molecular weight excluding hydrogens is 312 g/mol. The topological polar surface area (TPSA) is 57.7 Å². The number of thiazole rings is 1. The van der Waals surface area contributed by atoms with Crippen molar-refractivity contribution in [1.82, 2.24) is 20.1 Å². The minimum absolute atomic E-state index is 0.00992. The maximum Gasteiger partial charge on any atom is 0.317 e. The van der Waals surface area contributed by atoms with Crippen LogP contribution in [-0.4, -0.2) is 66.2 Å². The van der Waals surface area contributed by atoms with Crippen LogP contribution in [-0.2, 0) is 11.3 Å². The molecule has 2 saturated heterocycles. The Hall–Kier alpha value is -1.18. The molecule has 0 radical (unpaired) electrons. The first kappa shape index (κ1) is 16.7. The average molecular weight is 338 g/mol. The molecule has 1 aromatic heterocycles. The van der Waals surface area contributed by atoms with Crippen LogP contribution in [0.25, 0.3) is 0 Å². The van der Waals surface area contributed by atoms with Crippen molar-refractivity contribution >= 4 is 17.4 Å². The summed E-state index contributed by atoms with van der Waals surface area (Å²) in [6.07, 6.45) is 6.59. The number of rotatable bonds is 6. The van der Waals surface area contributed by atoms with Crippen molar-refractivity contribution in [3.8, 4) is 0 Å². The van der Waals surface area contributed by atoms with E-state index in [0.29, 0.717) is 12.6 Å². The van der Waals surface area contributed by atoms with E-state index in [-0.39, 0.29) is 6.03 Å². The molecule has 2 fully saturated rings. The maximum atomic E-state index is 12.1. The Morgan fingerprint density at radius 3 is 2.78 bits per heavy atom. The number of piperidine rings is 1. The number of amides is 2. The fourth-order valence-corrected chi connectivity index (χ4v) is 3.74. The van der Waals surface area contributed by atoms with Gasteiger partial charge in [0, 0.05) is 31.2 Å². The van der Waals surface area contributed by atoms with E-state index in [1.54, 1.807) is 17.5 Å². The van der Waals surface area contributed by atoms with Gasteiger partial charge in [-0.25, -0.2) is 9.78 Å². The van der Waals surface area contributed by atoms with Gasteiger partial charge in [-0.15, -0.1) is 11.3 Å². The summed E-state index contributed by atoms with van der Waals surface area (Å²) in [6.45, 7) is 6.39. The number of nitrogens with one attached hydrogen (secondary N) is 1. The zero-order valence-corrected chi connectivity index (χ0v) is 14.4. The number of carbonyl (C=O) groups is 1. The molecule has 0 saturated carbocycles. The number of carbonyl (C=O) groups excluding carboxylic acids is 1. The Kier molecular flexibility index (Phi) is 6.24. The Morgan fingerprint density at radius 2 is 2.09 bits per heavy atom. The maximum absolute atomic E-state index is 12.1. The van der Waals surface area contributed by atoms with Crippen molar-refractivity contribution in [2.45, 2.75) is 38.3 Å². The van der Waals surface area contributed by atoms with Crippen molar-refractivity contribution in [2.75, 3.05) is 39.3 Å². The summed E-state index contributed by atoms with van der Waals surface area (Å²) >= 11 is 1.56. The molecule has 0 bridgehead atoms. The normalized spacial score (nSPS) is 20.1. The standard InChI is InChI=1S/C16H26N4O2S/c21-16(18-13-15-17-5-12-23-15)20-8-3-14(4-9-20)22-11-10-19-6-1-2-7-19/h5,12,14H,1-4,6-11,13H2,(H,18,21). The zero-order chi connectivity index (χ0) is 15.9. The van der Waals surface area contributed by atoms with E-state index < -0.39 is 0 Å². The summed E-state index contributed by atoms with van der Waals surface area (Å²) < 4.78 is 5.98. The van der Waals surface area contributed by atoms with Gasteiger partial charge in [-0.1, -0.05) is 0 Å². The second-order valence-corrected chi connectivity index (χ2v) is 7.17. The Balaban J connectivity index is 1.29. The molecule has 0 aliphatic carbocycles. The van der Waals surface area contributed by atoms with Crippen molar-refractivity contribution in [2.24, 2.45) is 0 Å². The molecule has 6 nitrogen and oxygen atoms in total. The van der Waals surface area contributed by atoms with E-state index in [9.17, 15) is 4.79 Å². The predicted octanol–water partition coefficient (Wildman–Crippen LogP) is 1.93. The van der Waals surface area contributed by atoms with Gasteiger partial charge in [0.05, 0.1) is 19.3 Å². The monoisotopic (exact) mass is 338 g/mol. The average Bonchev–Trinajstić information content (AvgIpc) is 3.27. The predicted molar refractivity (Wildman–Crippen MR) is 90.6 cm³/mol. The van der Waals surface area contributed by atoms with Gasteiger partial charge in [-0.05, 0) is 38.8 Å². The lowest BCUT2D eigenvalue weighted by atomic mass is 10.1. The van der Waals surface area contributed by atoms with Gasteiger partial charge in [0.15, 0.2) is 0 Å². The van der Waals surface area contributed by atoms with Crippen LogP contribution >= 0.6 is 11.3 Å². The molecule has 2 aliphatic heterocycles. The summed E-state index contributed by atoms with van der Waals surface area (Å²) in [6, 6.07) is 0.00992. The molecule has 0 aromatic carbocycles. The highest BCUT2D eigenvalue weighted by Crippen LogP contribution is 2.15. The molecule has 3 heterocycles. The third kappa shape index (κ3) is 5.16. The van der Waals surface area contributed by atoms with Crippen LogP contribution in [0.1, 0.15) is 30.7 Å². The third-order valence-corrected chi connectivity index (χ3v) is 5.34. The highest BCUT2D eigenvalue weighted by atomic mass is 32.1. The van der Waals surface area contributed by atoms with Crippen molar-refractivity contribution in [1.29, 1.82) is 0 Å². The van der Waals surface area contributed by atoms with Crippen molar-refractivity contribution in [3.63, 3.8) is 0 Å². The van der Waals surface area contributed by atoms with E-state index in [0.717, 1.165) is 44.1 Å². The van der Waals surface area contributed by atoms with Gasteiger partial charge in [-0.2, -0.15) is 0 Å². The molecule has 0 spiro atoms. The van der Waals surface area contributed by atoms with Crippen LogP contribution < -0.4 is 5.32 Å². The summed E-state index contributed by atoms with van der Waals surface area (Å²) in [5.41, 5.74) is 0. The summed E-state index contributed by atoms with van der Waals surface area (Å²) in [5, 5.41) is 5.80. The largest absolute Gasteiger partial charge is 0.377 e. The highest BCUT2D eigenvalue weighted by molar-refractivity contribution is 7.09. The number of hydrogen-bond donors (Lipinski definition) is 1. The lowest BCUT2D eigenvalue weighted by molar-refractivity contribution is 0.00694. The van der Waals surface area contributed by atoms with Crippen LogP contribution in [0.2, 0.25) is 0 Å². The highest BCUT2D eigenvalue weighted by Gasteiger charge is 2.23. The van der Waals surface area contributed by atoms with Gasteiger partial charge in [0.1, 0.15) is 5.01 Å². The van der Waals surface area contributed by atoms with E-state index in [2.05, 4.69) is 15.2 Å². The van der Waals surface area contributed by atoms with Crippen LogP contribution in [0.3, 0.4) is 0 Å². The summed E-state index contributed by atoms with van der Waals surface area (Å²) in [7, 11) is 0. The fraction of sp³-hybridized carbons (Fsp3) is 0.750. The van der Waals surface area contributed by atoms with E-state index >= 15 is 0 Å². The lowest BCUT2D eigenvalue weighted by Crippen LogP contribution is -2.46. The fourth-order valence-electron chi connectivity index (χ4n) is 3.18. The summed E-state index contributed by atoms with van der Waals surface area (Å²) in [4.78, 5) is 20.7. The number of aromatic nitrogens is 1. The third-order valence-electron chi connectivity index (χ3n) is 4.56. The Morgan fingerprint density at radius 1 is 1.30 bits per heavy atom. The second-order valence-electron chi connectivity index (χ2n) is 6.19. The molecule has 0 atom stereocenters. The first-order valence-electron chi connectivity index (χ1n) is 8.56. The number of likely N-dealkylation sites (tertiary alicyclic amines) is 2. The lowest BCUT2D eigenvalue weighted by Gasteiger charge is -2.32. The van der Waals surface area contributed by atoms with Crippen LogP contribution in [0.4, 0.5) is 4.79 Å². The molecule has 128 valence electrons. The molecule has 1 N–H and O–H groups in total. The molecular formula is C16H26N4O2S. The number of nitrogens with zero attached hydrogens (tertiary/aromatic N) is 3. The second kappa shape index (κ2) is 8.61. The molecule has 3 rings (SSSR count). The molecule has 2 amide bonds. The van der Waals surface area contributed by atoms with Gasteiger partial charge < -0.3 is 19.9 Å². The number of urea groups is 1. The van der Waals surface area contributed by atoms with Gasteiger partial charge in [-0.3, -0.25) is 0 Å². The van der Waals surface area contributed by atoms with E-state index in [1.165, 1.54) is 25.9 Å². The molecule has 0 unspecified atom stereocenters. The SMILES string of the molecule is O=C(NCc1nccs1)N1CCC(OCCN2CCCC2)CC1. The number of ether oxygens (including phenoxy) is 1. The van der Waals surface area contributed by atoms with Crippen molar-refractivity contribution in [3.05, 3.63) is 16.6 Å². The van der Waals surface area contributed by atoms with Gasteiger partial charge in [0.25, 0.3) is 0 Å². The summed E-state index contributed by atoms with van der Waals surface area (Å²) in [5.74, 6) is 0. The Labute approximate surface area is 141 Å². The molecule has 23 heavy (non-hydrogen) atoms. The number of hydrogen-bond acceptors (Lipinski definition) is 5. The first-order chi connectivity index (χ1) is 11.3. The minimum Gasteiger partial charge on any atom is -0.377 e. The zero-order valence-electron chi connectivity index (χ0n) is 13.6. The van der Waals surface area contributed by atoms with Crippen LogP contribution in [0, 0.1) is 0 Å². The van der Waals surface area contributed by atoms with Crippen LogP contribution in [0.15, 0.2) is 11.6 Å². The molecule has 7 heteroatoms. The first-order valence-corrected chi connectivity index (χ1v) is 9.44. The van der Waals surface area contributed by atoms with E-state index in [1.807, 2.05) is 10.3 Å². The minimum atomic E-state index is 0.00992. The Bertz CT molecular complexity index is 468. The quantitative estimate of drug-likeness (QED) is 0.861. The smallest absolute Gasteiger partial charge is 0.317 e. The van der Waals surface area contributed by atoms with Gasteiger partial charge >= 0.3 is 6.03 Å². The molecule has 2 aliphatic rings.